The molecule has 3 N–H and O–H groups in total. The molecule has 0 spiro atoms. The summed E-state index contributed by atoms with van der Waals surface area (Å²) in [6, 6.07) is 8.95. The molecule has 0 radical (unpaired) electrons. The molecular formula is C26H31F3N2O6. The van der Waals surface area contributed by atoms with Crippen molar-refractivity contribution in [3.63, 3.8) is 0 Å². The minimum Gasteiger partial charge on any atom is -0.496 e. The van der Waals surface area contributed by atoms with Crippen LogP contribution in [0.5, 0.6) is 11.5 Å². The quantitative estimate of drug-likeness (QED) is 0.387. The standard InChI is InChI=1S/C26H31F3N2O6/c1-25(2,3)36-16-21(24(34)30-13-14-32)31-23(33)19-9-12-22(35-4)18(15-19)8-5-17-6-10-20(11-7-17)37-26(27,28)29/h5-12,15,21,32H,13-14,16H2,1-4H3,(H,30,34)(H,31,33)/t21-/m0/s1. The van der Waals surface area contributed by atoms with Gasteiger partial charge in [-0.15, -0.1) is 13.2 Å². The highest BCUT2D eigenvalue weighted by atomic mass is 19.4. The van der Waals surface area contributed by atoms with Gasteiger partial charge in [-0.05, 0) is 56.7 Å². The van der Waals surface area contributed by atoms with E-state index in [4.69, 9.17) is 14.6 Å². The van der Waals surface area contributed by atoms with Crippen LogP contribution in [-0.2, 0) is 9.53 Å². The SMILES string of the molecule is COc1ccc(C(=O)N[C@@H](COC(C)(C)C)C(=O)NCCO)cc1C=Cc1ccc(OC(F)(F)F)cc1. The molecule has 202 valence electrons. The first-order valence-electron chi connectivity index (χ1n) is 11.4. The number of hydrogen-bond donors (Lipinski definition) is 3. The van der Waals surface area contributed by atoms with Crippen molar-refractivity contribution in [1.82, 2.24) is 10.6 Å². The van der Waals surface area contributed by atoms with E-state index in [9.17, 15) is 22.8 Å². The molecule has 2 amide bonds. The number of carbonyl (C=O) groups excluding carboxylic acids is 2. The highest BCUT2D eigenvalue weighted by molar-refractivity contribution is 5.98. The van der Waals surface area contributed by atoms with Crippen LogP contribution in [0.2, 0.25) is 0 Å². The normalized spacial score (nSPS) is 12.8. The van der Waals surface area contributed by atoms with E-state index < -0.39 is 29.8 Å². The van der Waals surface area contributed by atoms with Gasteiger partial charge in [0.2, 0.25) is 5.91 Å². The Balaban J connectivity index is 2.21. The van der Waals surface area contributed by atoms with Crippen molar-refractivity contribution in [3.05, 3.63) is 59.2 Å². The average molecular weight is 525 g/mol. The van der Waals surface area contributed by atoms with Gasteiger partial charge in [0.05, 0.1) is 25.9 Å². The largest absolute Gasteiger partial charge is 0.573 e. The van der Waals surface area contributed by atoms with Crippen molar-refractivity contribution in [2.45, 2.75) is 38.8 Å². The number of alkyl halides is 3. The first-order valence-corrected chi connectivity index (χ1v) is 11.4. The Bertz CT molecular complexity index is 1080. The lowest BCUT2D eigenvalue weighted by Gasteiger charge is -2.24. The summed E-state index contributed by atoms with van der Waals surface area (Å²) in [7, 11) is 1.46. The molecule has 8 nitrogen and oxygen atoms in total. The molecule has 11 heteroatoms. The summed E-state index contributed by atoms with van der Waals surface area (Å²) in [6.45, 7) is 5.15. The van der Waals surface area contributed by atoms with Crippen LogP contribution < -0.4 is 20.1 Å². The Labute approximate surface area is 213 Å². The van der Waals surface area contributed by atoms with Crippen LogP contribution in [0.25, 0.3) is 12.2 Å². The van der Waals surface area contributed by atoms with Gasteiger partial charge in [0, 0.05) is 17.7 Å². The van der Waals surface area contributed by atoms with Crippen molar-refractivity contribution in [2.24, 2.45) is 0 Å². The van der Waals surface area contributed by atoms with Crippen molar-refractivity contribution in [2.75, 3.05) is 26.9 Å². The Morgan fingerprint density at radius 3 is 2.30 bits per heavy atom. The molecule has 0 aromatic heterocycles. The van der Waals surface area contributed by atoms with Crippen LogP contribution in [0.3, 0.4) is 0 Å². The minimum atomic E-state index is -4.77. The lowest BCUT2D eigenvalue weighted by molar-refractivity contribution is -0.274. The van der Waals surface area contributed by atoms with Gasteiger partial charge in [0.25, 0.3) is 5.91 Å². The van der Waals surface area contributed by atoms with Crippen molar-refractivity contribution < 1.29 is 42.1 Å². The molecule has 0 aliphatic rings. The smallest absolute Gasteiger partial charge is 0.496 e. The number of halogens is 3. The third kappa shape index (κ3) is 10.5. The maximum atomic E-state index is 13.0. The van der Waals surface area contributed by atoms with E-state index >= 15 is 0 Å². The second kappa shape index (κ2) is 13.1. The molecule has 0 bridgehead atoms. The summed E-state index contributed by atoms with van der Waals surface area (Å²) in [5, 5.41) is 14.2. The van der Waals surface area contributed by atoms with Crippen molar-refractivity contribution in [3.8, 4) is 11.5 Å². The number of carbonyl (C=O) groups is 2. The van der Waals surface area contributed by atoms with E-state index in [0.717, 1.165) is 0 Å². The Morgan fingerprint density at radius 2 is 1.73 bits per heavy atom. The van der Waals surface area contributed by atoms with Crippen LogP contribution in [-0.4, -0.2) is 61.8 Å². The minimum absolute atomic E-state index is 0.0293. The van der Waals surface area contributed by atoms with Gasteiger partial charge >= 0.3 is 6.36 Å². The molecule has 0 saturated heterocycles. The predicted octanol–water partition coefficient (Wildman–Crippen LogP) is 3.79. The number of ether oxygens (including phenoxy) is 3. The van der Waals surface area contributed by atoms with Crippen LogP contribution in [0, 0.1) is 0 Å². The molecule has 1 atom stereocenters. The van der Waals surface area contributed by atoms with Crippen molar-refractivity contribution in [1.29, 1.82) is 0 Å². The molecule has 2 aromatic carbocycles. The zero-order chi connectivity index (χ0) is 27.6. The van der Waals surface area contributed by atoms with E-state index in [1.807, 2.05) is 20.8 Å². The summed E-state index contributed by atoms with van der Waals surface area (Å²) in [5.41, 5.74) is 0.810. The molecule has 0 saturated carbocycles. The predicted molar refractivity (Wildman–Crippen MR) is 132 cm³/mol. The average Bonchev–Trinajstić information content (AvgIpc) is 2.82. The first-order chi connectivity index (χ1) is 17.3. The molecule has 0 unspecified atom stereocenters. The van der Waals surface area contributed by atoms with E-state index in [1.165, 1.54) is 37.4 Å². The number of hydrogen-bond acceptors (Lipinski definition) is 6. The number of benzene rings is 2. The molecular weight excluding hydrogens is 493 g/mol. The van der Waals surface area contributed by atoms with Crippen LogP contribution in [0.15, 0.2) is 42.5 Å². The Kier molecular flexibility index (Phi) is 10.5. The summed E-state index contributed by atoms with van der Waals surface area (Å²) in [5.74, 6) is -0.919. The summed E-state index contributed by atoms with van der Waals surface area (Å²) < 4.78 is 51.9. The molecule has 0 aliphatic carbocycles. The lowest BCUT2D eigenvalue weighted by Crippen LogP contribution is -2.50. The number of rotatable bonds is 11. The van der Waals surface area contributed by atoms with Gasteiger partial charge in [-0.1, -0.05) is 24.3 Å². The van der Waals surface area contributed by atoms with Crippen LogP contribution in [0.1, 0.15) is 42.3 Å². The van der Waals surface area contributed by atoms with Gasteiger partial charge in [-0.25, -0.2) is 0 Å². The summed E-state index contributed by atoms with van der Waals surface area (Å²) >= 11 is 0. The molecule has 0 fully saturated rings. The number of aliphatic hydroxyl groups is 1. The fourth-order valence-corrected chi connectivity index (χ4v) is 3.03. The van der Waals surface area contributed by atoms with Gasteiger partial charge in [-0.3, -0.25) is 9.59 Å². The zero-order valence-electron chi connectivity index (χ0n) is 21.0. The third-order valence-electron chi connectivity index (χ3n) is 4.78. The monoisotopic (exact) mass is 524 g/mol. The lowest BCUT2D eigenvalue weighted by atomic mass is 10.1. The maximum absolute atomic E-state index is 13.0. The van der Waals surface area contributed by atoms with Gasteiger partial charge in [0.15, 0.2) is 0 Å². The fourth-order valence-electron chi connectivity index (χ4n) is 3.03. The molecule has 0 aliphatic heterocycles. The molecule has 2 aromatic rings. The van der Waals surface area contributed by atoms with Gasteiger partial charge < -0.3 is 30.0 Å². The van der Waals surface area contributed by atoms with Crippen LogP contribution >= 0.6 is 0 Å². The summed E-state index contributed by atoms with van der Waals surface area (Å²) in [6.07, 6.45) is -1.49. The highest BCUT2D eigenvalue weighted by Gasteiger charge is 2.31. The Hall–Kier alpha value is -3.57. The second-order valence-electron chi connectivity index (χ2n) is 8.87. The van der Waals surface area contributed by atoms with E-state index in [0.29, 0.717) is 16.9 Å². The number of aliphatic hydroxyl groups excluding tert-OH is 1. The number of methoxy groups -OCH3 is 1. The topological polar surface area (TPSA) is 106 Å². The molecule has 0 heterocycles. The van der Waals surface area contributed by atoms with Gasteiger partial charge in [-0.2, -0.15) is 0 Å². The maximum Gasteiger partial charge on any atom is 0.573 e. The zero-order valence-corrected chi connectivity index (χ0v) is 21.0. The second-order valence-corrected chi connectivity index (χ2v) is 8.87. The number of nitrogens with one attached hydrogen (secondary N) is 2. The Morgan fingerprint density at radius 1 is 1.05 bits per heavy atom. The summed E-state index contributed by atoms with van der Waals surface area (Å²) in [4.78, 5) is 25.5. The third-order valence-corrected chi connectivity index (χ3v) is 4.78. The molecule has 37 heavy (non-hydrogen) atoms. The van der Waals surface area contributed by atoms with E-state index in [-0.39, 0.29) is 31.1 Å². The van der Waals surface area contributed by atoms with Crippen molar-refractivity contribution >= 4 is 24.0 Å². The van der Waals surface area contributed by atoms with E-state index in [2.05, 4.69) is 15.4 Å². The molecule has 2 rings (SSSR count). The van der Waals surface area contributed by atoms with Gasteiger partial charge in [0.1, 0.15) is 17.5 Å². The van der Waals surface area contributed by atoms with Crippen LogP contribution in [0.4, 0.5) is 13.2 Å². The van der Waals surface area contributed by atoms with E-state index in [1.54, 1.807) is 24.3 Å². The first kappa shape index (κ1) is 29.7. The number of amides is 2. The highest BCUT2D eigenvalue weighted by Crippen LogP contribution is 2.25. The fraction of sp³-hybridized carbons (Fsp3) is 0.385.